The van der Waals surface area contributed by atoms with Crippen LogP contribution in [0.2, 0.25) is 0 Å². The topological polar surface area (TPSA) is 67.0 Å². The predicted molar refractivity (Wildman–Crippen MR) is 36.6 cm³/mol. The Morgan fingerprint density at radius 2 is 2.30 bits per heavy atom. The maximum Gasteiger partial charge on any atom is 0.265 e. The van der Waals surface area contributed by atoms with E-state index in [0.717, 1.165) is 0 Å². The standard InChI is InChI=1S/C6H6N2O2/c7-5-1-3-6(4-2-5)8(9)10/h1,3-4,7H,2H2. The van der Waals surface area contributed by atoms with Gasteiger partial charge in [0.05, 0.1) is 4.92 Å². The highest BCUT2D eigenvalue weighted by Crippen LogP contribution is 2.06. The molecule has 1 aliphatic rings. The lowest BCUT2D eigenvalue weighted by molar-refractivity contribution is -0.419. The molecule has 0 bridgehead atoms. The number of rotatable bonds is 1. The second-order valence-electron chi connectivity index (χ2n) is 1.95. The first-order valence-electron chi connectivity index (χ1n) is 2.80. The zero-order valence-electron chi connectivity index (χ0n) is 5.20. The van der Waals surface area contributed by atoms with Crippen molar-refractivity contribution in [3.05, 3.63) is 34.0 Å². The van der Waals surface area contributed by atoms with Crippen molar-refractivity contribution < 1.29 is 4.92 Å². The molecule has 0 radical (unpaired) electrons. The lowest BCUT2D eigenvalue weighted by Crippen LogP contribution is -2.02. The minimum absolute atomic E-state index is 0.0796. The number of hydrogen-bond donors (Lipinski definition) is 1. The Kier molecular flexibility index (Phi) is 1.62. The van der Waals surface area contributed by atoms with Crippen LogP contribution in [-0.4, -0.2) is 10.6 Å². The maximum absolute atomic E-state index is 10.1. The van der Waals surface area contributed by atoms with Crippen molar-refractivity contribution in [1.29, 1.82) is 5.41 Å². The van der Waals surface area contributed by atoms with E-state index in [9.17, 15) is 10.1 Å². The fourth-order valence-electron chi connectivity index (χ4n) is 0.672. The molecule has 52 valence electrons. The van der Waals surface area contributed by atoms with Crippen molar-refractivity contribution in [2.75, 3.05) is 0 Å². The monoisotopic (exact) mass is 138 g/mol. The molecule has 0 unspecified atom stereocenters. The zero-order valence-corrected chi connectivity index (χ0v) is 5.20. The Hall–Kier alpha value is -1.45. The van der Waals surface area contributed by atoms with E-state index in [1.165, 1.54) is 18.2 Å². The second kappa shape index (κ2) is 2.43. The molecule has 0 aromatic rings. The van der Waals surface area contributed by atoms with Crippen LogP contribution in [0.3, 0.4) is 0 Å². The molecular weight excluding hydrogens is 132 g/mol. The van der Waals surface area contributed by atoms with Gasteiger partial charge in [0, 0.05) is 18.2 Å². The molecule has 0 saturated carbocycles. The van der Waals surface area contributed by atoms with Crippen LogP contribution in [0.25, 0.3) is 0 Å². The highest BCUT2D eigenvalue weighted by Gasteiger charge is 2.09. The van der Waals surface area contributed by atoms with Gasteiger partial charge in [0.1, 0.15) is 0 Å². The molecule has 1 aliphatic carbocycles. The summed E-state index contributed by atoms with van der Waals surface area (Å²) in [4.78, 5) is 9.62. The molecule has 0 saturated heterocycles. The molecule has 10 heavy (non-hydrogen) atoms. The van der Waals surface area contributed by atoms with E-state index in [-0.39, 0.29) is 5.70 Å². The number of nitrogens with one attached hydrogen (secondary N) is 1. The SMILES string of the molecule is N=C1C=CC([N+](=O)[O-])=CC1. The molecule has 1 N–H and O–H groups in total. The van der Waals surface area contributed by atoms with Crippen LogP contribution >= 0.6 is 0 Å². The zero-order chi connectivity index (χ0) is 7.56. The van der Waals surface area contributed by atoms with Crippen molar-refractivity contribution >= 4 is 5.71 Å². The van der Waals surface area contributed by atoms with Crippen LogP contribution in [-0.2, 0) is 0 Å². The third kappa shape index (κ3) is 1.28. The molecule has 0 atom stereocenters. The quantitative estimate of drug-likeness (QED) is 0.436. The Morgan fingerprint density at radius 3 is 2.70 bits per heavy atom. The van der Waals surface area contributed by atoms with Gasteiger partial charge in [-0.1, -0.05) is 0 Å². The summed E-state index contributed by atoms with van der Waals surface area (Å²) >= 11 is 0. The Balaban J connectivity index is 2.77. The molecule has 0 amide bonds. The molecular formula is C6H6N2O2. The second-order valence-corrected chi connectivity index (χ2v) is 1.95. The summed E-state index contributed by atoms with van der Waals surface area (Å²) in [5.74, 6) is 0. The molecule has 1 rings (SSSR count). The van der Waals surface area contributed by atoms with Crippen LogP contribution in [0.4, 0.5) is 0 Å². The van der Waals surface area contributed by atoms with Crippen LogP contribution in [0.5, 0.6) is 0 Å². The van der Waals surface area contributed by atoms with Gasteiger partial charge in [0.25, 0.3) is 5.70 Å². The summed E-state index contributed by atoms with van der Waals surface area (Å²) in [6, 6.07) is 0. The molecule has 0 heterocycles. The first-order valence-corrected chi connectivity index (χ1v) is 2.80. The highest BCUT2D eigenvalue weighted by molar-refractivity contribution is 5.94. The third-order valence-corrected chi connectivity index (χ3v) is 1.20. The molecule has 4 nitrogen and oxygen atoms in total. The molecule has 4 heteroatoms. The van der Waals surface area contributed by atoms with Gasteiger partial charge >= 0.3 is 0 Å². The van der Waals surface area contributed by atoms with Crippen molar-refractivity contribution in [3.8, 4) is 0 Å². The molecule has 0 aromatic carbocycles. The molecule has 0 aromatic heterocycles. The minimum Gasteiger partial charge on any atom is -0.305 e. The average molecular weight is 138 g/mol. The summed E-state index contributed by atoms with van der Waals surface area (Å²) in [5.41, 5.74) is 0.488. The number of nitro groups is 1. The maximum atomic E-state index is 10.1. The van der Waals surface area contributed by atoms with E-state index in [2.05, 4.69) is 0 Å². The van der Waals surface area contributed by atoms with Gasteiger partial charge in [-0.2, -0.15) is 0 Å². The van der Waals surface area contributed by atoms with E-state index in [1.54, 1.807) is 0 Å². The van der Waals surface area contributed by atoms with Gasteiger partial charge in [-0.3, -0.25) is 10.1 Å². The average Bonchev–Trinajstić information content (AvgIpc) is 1.88. The summed E-state index contributed by atoms with van der Waals surface area (Å²) in [6.45, 7) is 0. The Labute approximate surface area is 57.5 Å². The van der Waals surface area contributed by atoms with Gasteiger partial charge in [0.2, 0.25) is 0 Å². The Bertz CT molecular complexity index is 240. The molecule has 0 spiro atoms. The van der Waals surface area contributed by atoms with Crippen LogP contribution < -0.4 is 0 Å². The Morgan fingerprint density at radius 1 is 1.60 bits per heavy atom. The van der Waals surface area contributed by atoms with Gasteiger partial charge in [0.15, 0.2) is 0 Å². The number of nitrogens with zero attached hydrogens (tertiary/aromatic N) is 1. The number of hydrogen-bond acceptors (Lipinski definition) is 3. The van der Waals surface area contributed by atoms with Gasteiger partial charge in [-0.05, 0) is 12.2 Å². The normalized spacial score (nSPS) is 16.8. The van der Waals surface area contributed by atoms with E-state index in [0.29, 0.717) is 12.1 Å². The van der Waals surface area contributed by atoms with Gasteiger partial charge < -0.3 is 5.41 Å². The summed E-state index contributed by atoms with van der Waals surface area (Å²) in [6.07, 6.45) is 4.58. The van der Waals surface area contributed by atoms with Gasteiger partial charge in [-0.25, -0.2) is 0 Å². The number of allylic oxidation sites excluding steroid dienone is 3. The van der Waals surface area contributed by atoms with Crippen molar-refractivity contribution in [2.45, 2.75) is 6.42 Å². The lowest BCUT2D eigenvalue weighted by atomic mass is 10.1. The fourth-order valence-corrected chi connectivity index (χ4v) is 0.672. The highest BCUT2D eigenvalue weighted by atomic mass is 16.6. The molecule has 0 fully saturated rings. The minimum atomic E-state index is -0.455. The summed E-state index contributed by atoms with van der Waals surface area (Å²) in [5, 5.41) is 17.1. The van der Waals surface area contributed by atoms with Crippen molar-refractivity contribution in [1.82, 2.24) is 0 Å². The van der Waals surface area contributed by atoms with Crippen LogP contribution in [0.15, 0.2) is 23.9 Å². The van der Waals surface area contributed by atoms with Crippen LogP contribution in [0, 0.1) is 15.5 Å². The smallest absolute Gasteiger partial charge is 0.265 e. The van der Waals surface area contributed by atoms with E-state index < -0.39 is 4.92 Å². The molecule has 0 aliphatic heterocycles. The first kappa shape index (κ1) is 6.67. The predicted octanol–water partition coefficient (Wildman–Crippen LogP) is 1.13. The van der Waals surface area contributed by atoms with Crippen molar-refractivity contribution in [2.24, 2.45) is 0 Å². The lowest BCUT2D eigenvalue weighted by Gasteiger charge is -1.97. The summed E-state index contributed by atoms with van der Waals surface area (Å²) in [7, 11) is 0. The van der Waals surface area contributed by atoms with Gasteiger partial charge in [-0.15, -0.1) is 0 Å². The first-order chi connectivity index (χ1) is 4.70. The van der Waals surface area contributed by atoms with Crippen LogP contribution in [0.1, 0.15) is 6.42 Å². The van der Waals surface area contributed by atoms with Crippen molar-refractivity contribution in [3.63, 3.8) is 0 Å². The van der Waals surface area contributed by atoms with E-state index in [4.69, 9.17) is 5.41 Å². The largest absolute Gasteiger partial charge is 0.305 e. The summed E-state index contributed by atoms with van der Waals surface area (Å²) < 4.78 is 0. The van der Waals surface area contributed by atoms with E-state index >= 15 is 0 Å². The fraction of sp³-hybridized carbons (Fsp3) is 0.167. The third-order valence-electron chi connectivity index (χ3n) is 1.20. The van der Waals surface area contributed by atoms with E-state index in [1.807, 2.05) is 0 Å².